The molecule has 4 aromatic rings. The van der Waals surface area contributed by atoms with E-state index in [-0.39, 0.29) is 12.5 Å². The van der Waals surface area contributed by atoms with Crippen LogP contribution in [0.15, 0.2) is 60.8 Å². The predicted molar refractivity (Wildman–Crippen MR) is 146 cm³/mol. The smallest absolute Gasteiger partial charge is 0.251 e. The van der Waals surface area contributed by atoms with E-state index in [1.165, 1.54) is 0 Å². The van der Waals surface area contributed by atoms with Gasteiger partial charge in [-0.25, -0.2) is 4.98 Å². The fraction of sp³-hybridized carbons (Fsp3) is 0.259. The second kappa shape index (κ2) is 11.2. The van der Waals surface area contributed by atoms with Gasteiger partial charge in [0.15, 0.2) is 0 Å². The third-order valence-electron chi connectivity index (χ3n) is 6.03. The largest absolute Gasteiger partial charge is 0.390 e. The van der Waals surface area contributed by atoms with E-state index in [0.29, 0.717) is 22.9 Å². The summed E-state index contributed by atoms with van der Waals surface area (Å²) >= 11 is 7.85. The fourth-order valence-electron chi connectivity index (χ4n) is 4.03. The van der Waals surface area contributed by atoms with Crippen molar-refractivity contribution in [2.24, 2.45) is 0 Å². The molecule has 6 nitrogen and oxygen atoms in total. The van der Waals surface area contributed by atoms with Crippen LogP contribution in [0.4, 0.5) is 5.82 Å². The highest BCUT2D eigenvalue weighted by Gasteiger charge is 2.15. The summed E-state index contributed by atoms with van der Waals surface area (Å²) in [6.07, 6.45) is 1.15. The Morgan fingerprint density at radius 2 is 1.83 bits per heavy atom. The van der Waals surface area contributed by atoms with Crippen molar-refractivity contribution in [1.29, 1.82) is 0 Å². The number of pyridine rings is 1. The van der Waals surface area contributed by atoms with Crippen LogP contribution in [0.2, 0.25) is 5.02 Å². The number of anilines is 1. The fourth-order valence-corrected chi connectivity index (χ4v) is 5.28. The Labute approximate surface area is 214 Å². The molecule has 0 fully saturated rings. The highest BCUT2D eigenvalue weighted by atomic mass is 35.5. The minimum absolute atomic E-state index is 0.200. The molecule has 182 valence electrons. The van der Waals surface area contributed by atoms with Crippen LogP contribution >= 0.6 is 22.9 Å². The van der Waals surface area contributed by atoms with Crippen LogP contribution in [0.3, 0.4) is 0 Å². The Bertz CT molecular complexity index is 1310. The van der Waals surface area contributed by atoms with Crippen LogP contribution < -0.4 is 11.1 Å². The molecule has 0 bridgehead atoms. The van der Waals surface area contributed by atoms with Gasteiger partial charge in [0, 0.05) is 50.6 Å². The Morgan fingerprint density at radius 3 is 2.54 bits per heavy atom. The second-order valence-corrected chi connectivity index (χ2v) is 9.86. The molecular weight excluding hydrogens is 480 g/mol. The van der Waals surface area contributed by atoms with Crippen LogP contribution in [0, 0.1) is 0 Å². The monoisotopic (exact) mass is 508 g/mol. The first kappa shape index (κ1) is 25.1. The molecule has 0 aliphatic carbocycles. The van der Waals surface area contributed by atoms with Crippen LogP contribution in [0.25, 0.3) is 31.7 Å². The number of nitrogens with zero attached hydrogens (tertiary/aromatic N) is 2. The molecular formula is C27H29ClN4O2S. The number of likely N-dealkylation sites (N-methyl/N-ethyl adjacent to an activating group) is 1. The number of nitrogens with two attached hydrogens (primary N) is 1. The number of aliphatic hydroxyl groups is 1. The van der Waals surface area contributed by atoms with E-state index in [0.717, 1.165) is 44.7 Å². The number of nitrogen functional groups attached to an aromatic ring is 1. The molecule has 4 N–H and O–H groups in total. The molecule has 1 unspecified atom stereocenters. The second-order valence-electron chi connectivity index (χ2n) is 8.34. The predicted octanol–water partition coefficient (Wildman–Crippen LogP) is 5.30. The first-order chi connectivity index (χ1) is 16.9. The summed E-state index contributed by atoms with van der Waals surface area (Å²) in [7, 11) is 0. The lowest BCUT2D eigenvalue weighted by Gasteiger charge is -2.22. The zero-order chi connectivity index (χ0) is 24.9. The average Bonchev–Trinajstić information content (AvgIpc) is 3.35. The van der Waals surface area contributed by atoms with Crippen molar-refractivity contribution in [2.75, 3.05) is 31.9 Å². The topological polar surface area (TPSA) is 91.5 Å². The molecule has 1 amide bonds. The summed E-state index contributed by atoms with van der Waals surface area (Å²) in [5, 5.41) is 15.6. The first-order valence-electron chi connectivity index (χ1n) is 11.6. The molecule has 0 radical (unpaired) electrons. The van der Waals surface area contributed by atoms with E-state index in [2.05, 4.69) is 29.0 Å². The van der Waals surface area contributed by atoms with Crippen molar-refractivity contribution >= 4 is 45.4 Å². The molecule has 0 aliphatic heterocycles. The Kier molecular flexibility index (Phi) is 8.03. The molecule has 1 atom stereocenters. The summed E-state index contributed by atoms with van der Waals surface area (Å²) in [5.74, 6) is 0.261. The van der Waals surface area contributed by atoms with Gasteiger partial charge in [-0.1, -0.05) is 43.6 Å². The third-order valence-corrected chi connectivity index (χ3v) is 7.42. The van der Waals surface area contributed by atoms with Gasteiger partial charge in [-0.05, 0) is 60.4 Å². The lowest BCUT2D eigenvalue weighted by molar-refractivity contribution is 0.0869. The number of hydrogen-bond acceptors (Lipinski definition) is 6. The number of nitrogens with one attached hydrogen (secondary N) is 1. The number of aliphatic hydroxyl groups excluding tert-OH is 1. The maximum absolute atomic E-state index is 12.5. The third kappa shape index (κ3) is 5.82. The number of halogens is 1. The summed E-state index contributed by atoms with van der Waals surface area (Å²) in [6, 6.07) is 17.2. The highest BCUT2D eigenvalue weighted by molar-refractivity contribution is 7.19. The number of aromatic nitrogens is 1. The molecule has 4 rings (SSSR count). The van der Waals surface area contributed by atoms with Gasteiger partial charge in [-0.2, -0.15) is 0 Å². The van der Waals surface area contributed by atoms with Gasteiger partial charge in [-0.15, -0.1) is 11.3 Å². The Balaban J connectivity index is 1.48. The maximum atomic E-state index is 12.5. The molecule has 35 heavy (non-hydrogen) atoms. The number of carbonyl (C=O) groups is 1. The van der Waals surface area contributed by atoms with Gasteiger partial charge in [0.2, 0.25) is 0 Å². The van der Waals surface area contributed by atoms with E-state index < -0.39 is 6.10 Å². The summed E-state index contributed by atoms with van der Waals surface area (Å²) in [5.41, 5.74) is 8.68. The standard InChI is InChI=1S/C27H29ClN4O2S/c1-3-32(4-2)16-21(33)15-31-27(34)18-7-5-17(6-8-18)23-11-12-24(35-23)25-22-13-20(28)10-9-19(22)14-30-26(25)29/h5-14,21,33H,3-4,15-16H2,1-2H3,(H2,29,30)(H,31,34). The summed E-state index contributed by atoms with van der Waals surface area (Å²) in [6.45, 7) is 6.59. The minimum atomic E-state index is -0.603. The molecule has 0 spiro atoms. The number of amides is 1. The number of thiophene rings is 1. The quantitative estimate of drug-likeness (QED) is 0.285. The number of benzene rings is 2. The van der Waals surface area contributed by atoms with E-state index >= 15 is 0 Å². The molecule has 8 heteroatoms. The van der Waals surface area contributed by atoms with E-state index in [4.69, 9.17) is 17.3 Å². The molecule has 0 saturated heterocycles. The van der Waals surface area contributed by atoms with Crippen LogP contribution in [-0.2, 0) is 0 Å². The first-order valence-corrected chi connectivity index (χ1v) is 12.8. The summed E-state index contributed by atoms with van der Waals surface area (Å²) in [4.78, 5) is 21.1. The van der Waals surface area contributed by atoms with Crippen molar-refractivity contribution in [1.82, 2.24) is 15.2 Å². The summed E-state index contributed by atoms with van der Waals surface area (Å²) < 4.78 is 0. The SMILES string of the molecule is CCN(CC)CC(O)CNC(=O)c1ccc(-c2ccc(-c3c(N)ncc4ccc(Cl)cc34)s2)cc1. The number of hydrogen-bond donors (Lipinski definition) is 3. The zero-order valence-electron chi connectivity index (χ0n) is 19.8. The van der Waals surface area contributed by atoms with Gasteiger partial charge in [-0.3, -0.25) is 4.79 Å². The number of fused-ring (bicyclic) bond motifs is 1. The van der Waals surface area contributed by atoms with Gasteiger partial charge >= 0.3 is 0 Å². The van der Waals surface area contributed by atoms with Gasteiger partial charge in [0.05, 0.1) is 6.10 Å². The van der Waals surface area contributed by atoms with Crippen molar-refractivity contribution < 1.29 is 9.90 Å². The molecule has 2 aromatic heterocycles. The van der Waals surface area contributed by atoms with Gasteiger partial charge in [0.1, 0.15) is 5.82 Å². The van der Waals surface area contributed by atoms with Crippen LogP contribution in [-0.4, -0.2) is 53.2 Å². The molecule has 2 heterocycles. The number of rotatable bonds is 9. The lowest BCUT2D eigenvalue weighted by Crippen LogP contribution is -2.40. The van der Waals surface area contributed by atoms with Crippen molar-refractivity contribution in [2.45, 2.75) is 20.0 Å². The van der Waals surface area contributed by atoms with Crippen molar-refractivity contribution in [3.63, 3.8) is 0 Å². The number of carbonyl (C=O) groups excluding carboxylic acids is 1. The van der Waals surface area contributed by atoms with E-state index in [1.807, 2.05) is 42.5 Å². The van der Waals surface area contributed by atoms with Crippen molar-refractivity contribution in [3.05, 3.63) is 71.4 Å². The molecule has 0 saturated carbocycles. The van der Waals surface area contributed by atoms with E-state index in [1.54, 1.807) is 29.7 Å². The van der Waals surface area contributed by atoms with Crippen LogP contribution in [0.5, 0.6) is 0 Å². The van der Waals surface area contributed by atoms with Crippen LogP contribution in [0.1, 0.15) is 24.2 Å². The van der Waals surface area contributed by atoms with Gasteiger partial charge < -0.3 is 21.1 Å². The van der Waals surface area contributed by atoms with Gasteiger partial charge in [0.25, 0.3) is 5.91 Å². The van der Waals surface area contributed by atoms with E-state index in [9.17, 15) is 9.90 Å². The lowest BCUT2D eigenvalue weighted by atomic mass is 10.1. The maximum Gasteiger partial charge on any atom is 0.251 e. The average molecular weight is 509 g/mol. The molecule has 0 aliphatic rings. The zero-order valence-corrected chi connectivity index (χ0v) is 21.4. The Hall–Kier alpha value is -2.97. The highest BCUT2D eigenvalue weighted by Crippen LogP contribution is 2.40. The Morgan fingerprint density at radius 1 is 1.11 bits per heavy atom. The molecule has 2 aromatic carbocycles. The van der Waals surface area contributed by atoms with Crippen molar-refractivity contribution in [3.8, 4) is 20.9 Å². The minimum Gasteiger partial charge on any atom is -0.390 e. The normalized spacial score (nSPS) is 12.3.